The predicted octanol–water partition coefficient (Wildman–Crippen LogP) is 2.83. The van der Waals surface area contributed by atoms with Gasteiger partial charge in [0.15, 0.2) is 0 Å². The lowest BCUT2D eigenvalue weighted by atomic mass is 9.98. The van der Waals surface area contributed by atoms with Crippen LogP contribution < -0.4 is 4.74 Å². The van der Waals surface area contributed by atoms with Crippen molar-refractivity contribution in [1.82, 2.24) is 4.90 Å². The molecule has 1 atom stereocenters. The second kappa shape index (κ2) is 7.49. The minimum Gasteiger partial charge on any atom is -0.496 e. The molecule has 1 aromatic rings. The Morgan fingerprint density at radius 3 is 2.74 bits per heavy atom. The molecule has 1 aliphatic heterocycles. The lowest BCUT2D eigenvalue weighted by molar-refractivity contribution is -0.148. The fourth-order valence-electron chi connectivity index (χ4n) is 3.06. The monoisotopic (exact) mass is 319 g/mol. The van der Waals surface area contributed by atoms with Gasteiger partial charge in [-0.05, 0) is 42.4 Å². The molecule has 1 amide bonds. The first-order valence-corrected chi connectivity index (χ1v) is 8.13. The number of nitrogens with zero attached hydrogens (tertiary/aromatic N) is 1. The van der Waals surface area contributed by atoms with Crippen LogP contribution in [0.4, 0.5) is 0 Å². The largest absolute Gasteiger partial charge is 0.496 e. The van der Waals surface area contributed by atoms with Crippen molar-refractivity contribution in [3.8, 4) is 5.75 Å². The molecule has 0 aromatic heterocycles. The molecule has 0 aliphatic carbocycles. The number of likely N-dealkylation sites (tertiary alicyclic amines) is 1. The Balaban J connectivity index is 2.06. The summed E-state index contributed by atoms with van der Waals surface area (Å²) in [4.78, 5) is 25.1. The third-order valence-electron chi connectivity index (χ3n) is 4.44. The zero-order valence-electron chi connectivity index (χ0n) is 14.0. The number of methoxy groups -OCH3 is 1. The molecule has 5 nitrogen and oxygen atoms in total. The Morgan fingerprint density at radius 2 is 2.13 bits per heavy atom. The fraction of sp³-hybridized carbons (Fsp3) is 0.556. The minimum atomic E-state index is -0.907. The van der Waals surface area contributed by atoms with Crippen molar-refractivity contribution in [1.29, 1.82) is 0 Å². The van der Waals surface area contributed by atoms with E-state index in [1.54, 1.807) is 7.11 Å². The van der Waals surface area contributed by atoms with Crippen molar-refractivity contribution >= 4 is 11.9 Å². The van der Waals surface area contributed by atoms with E-state index in [2.05, 4.69) is 19.9 Å². The van der Waals surface area contributed by atoms with E-state index in [4.69, 9.17) is 4.74 Å². The molecule has 0 saturated carbocycles. The lowest BCUT2D eigenvalue weighted by Crippen LogP contribution is -2.40. The second-order valence-electron chi connectivity index (χ2n) is 6.31. The van der Waals surface area contributed by atoms with E-state index in [1.807, 2.05) is 12.1 Å². The molecule has 5 heteroatoms. The average molecular weight is 319 g/mol. The van der Waals surface area contributed by atoms with Crippen molar-refractivity contribution in [2.75, 3.05) is 13.7 Å². The molecular weight excluding hydrogens is 294 g/mol. The predicted molar refractivity (Wildman–Crippen MR) is 87.8 cm³/mol. The molecule has 1 fully saturated rings. The van der Waals surface area contributed by atoms with Crippen LogP contribution in [0.15, 0.2) is 18.2 Å². The van der Waals surface area contributed by atoms with Gasteiger partial charge in [-0.1, -0.05) is 26.0 Å². The molecule has 126 valence electrons. The van der Waals surface area contributed by atoms with Crippen LogP contribution in [-0.4, -0.2) is 41.6 Å². The summed E-state index contributed by atoms with van der Waals surface area (Å²) < 4.78 is 5.38. The van der Waals surface area contributed by atoms with Crippen LogP contribution in [-0.2, 0) is 16.0 Å². The Labute approximate surface area is 137 Å². The first kappa shape index (κ1) is 17.3. The number of ether oxygens (including phenoxy) is 1. The molecule has 1 N–H and O–H groups in total. The first-order valence-electron chi connectivity index (χ1n) is 8.13. The highest BCUT2D eigenvalue weighted by atomic mass is 16.5. The number of aryl methyl sites for hydroxylation is 1. The van der Waals surface area contributed by atoms with Crippen LogP contribution in [0.5, 0.6) is 5.75 Å². The number of benzene rings is 1. The zero-order valence-corrected chi connectivity index (χ0v) is 14.0. The summed E-state index contributed by atoms with van der Waals surface area (Å²) in [6.07, 6.45) is 2.18. The fourth-order valence-corrected chi connectivity index (χ4v) is 3.06. The van der Waals surface area contributed by atoms with E-state index >= 15 is 0 Å². The van der Waals surface area contributed by atoms with Crippen molar-refractivity contribution < 1.29 is 19.4 Å². The van der Waals surface area contributed by atoms with E-state index in [1.165, 1.54) is 10.5 Å². The number of carboxylic acid groups (broad SMARTS) is 1. The van der Waals surface area contributed by atoms with Gasteiger partial charge < -0.3 is 14.7 Å². The van der Waals surface area contributed by atoms with Gasteiger partial charge in [-0.3, -0.25) is 4.79 Å². The Hall–Kier alpha value is -2.04. The molecule has 1 heterocycles. The van der Waals surface area contributed by atoms with Crippen molar-refractivity contribution in [2.24, 2.45) is 0 Å². The third kappa shape index (κ3) is 4.03. The van der Waals surface area contributed by atoms with Gasteiger partial charge in [0, 0.05) is 13.0 Å². The van der Waals surface area contributed by atoms with E-state index in [0.29, 0.717) is 31.7 Å². The number of hydrogen-bond donors (Lipinski definition) is 1. The van der Waals surface area contributed by atoms with Gasteiger partial charge >= 0.3 is 5.97 Å². The van der Waals surface area contributed by atoms with Gasteiger partial charge in [-0.2, -0.15) is 0 Å². The number of carbonyl (C=O) groups is 2. The molecule has 0 radical (unpaired) electrons. The van der Waals surface area contributed by atoms with Crippen LogP contribution in [0.1, 0.15) is 50.2 Å². The first-order chi connectivity index (χ1) is 10.9. The van der Waals surface area contributed by atoms with E-state index in [0.717, 1.165) is 17.7 Å². The maximum atomic E-state index is 12.4. The van der Waals surface area contributed by atoms with Crippen molar-refractivity contribution in [3.63, 3.8) is 0 Å². The molecule has 2 rings (SSSR count). The number of carboxylic acids is 1. The molecular formula is C18H25NO4. The number of amides is 1. The molecule has 1 aromatic carbocycles. The van der Waals surface area contributed by atoms with E-state index in [-0.39, 0.29) is 5.91 Å². The van der Waals surface area contributed by atoms with Gasteiger partial charge in [0.05, 0.1) is 7.11 Å². The maximum absolute atomic E-state index is 12.4. The summed E-state index contributed by atoms with van der Waals surface area (Å²) in [5, 5.41) is 9.18. The van der Waals surface area contributed by atoms with Crippen LogP contribution >= 0.6 is 0 Å². The number of rotatable bonds is 6. The summed E-state index contributed by atoms with van der Waals surface area (Å²) in [6, 6.07) is 5.39. The third-order valence-corrected chi connectivity index (χ3v) is 4.44. The normalized spacial score (nSPS) is 17.6. The SMILES string of the molecule is COc1ccc(C(C)C)cc1CCC(=O)N1CCCC1C(=O)O. The van der Waals surface area contributed by atoms with Gasteiger partial charge in [0.25, 0.3) is 0 Å². The summed E-state index contributed by atoms with van der Waals surface area (Å²) in [7, 11) is 1.62. The van der Waals surface area contributed by atoms with Gasteiger partial charge in [-0.15, -0.1) is 0 Å². The Kier molecular flexibility index (Phi) is 5.64. The van der Waals surface area contributed by atoms with Gasteiger partial charge in [-0.25, -0.2) is 4.79 Å². The minimum absolute atomic E-state index is 0.0908. The summed E-state index contributed by atoms with van der Waals surface area (Å²) >= 11 is 0. The van der Waals surface area contributed by atoms with Crippen molar-refractivity contribution in [2.45, 2.75) is 51.5 Å². The van der Waals surface area contributed by atoms with Crippen LogP contribution in [0.3, 0.4) is 0 Å². The standard InChI is InChI=1S/C18H25NO4/c1-12(2)13-6-8-16(23-3)14(11-13)7-9-17(20)19-10-4-5-15(19)18(21)22/h6,8,11-12,15H,4-5,7,9-10H2,1-3H3,(H,21,22). The molecule has 0 spiro atoms. The summed E-state index contributed by atoms with van der Waals surface area (Å²) in [6.45, 7) is 4.79. The van der Waals surface area contributed by atoms with Gasteiger partial charge in [0.1, 0.15) is 11.8 Å². The zero-order chi connectivity index (χ0) is 17.0. The lowest BCUT2D eigenvalue weighted by Gasteiger charge is -2.21. The Morgan fingerprint density at radius 1 is 1.39 bits per heavy atom. The highest BCUT2D eigenvalue weighted by molar-refractivity contribution is 5.84. The van der Waals surface area contributed by atoms with Crippen molar-refractivity contribution in [3.05, 3.63) is 29.3 Å². The van der Waals surface area contributed by atoms with Gasteiger partial charge in [0.2, 0.25) is 5.91 Å². The number of hydrogen-bond acceptors (Lipinski definition) is 3. The molecule has 23 heavy (non-hydrogen) atoms. The maximum Gasteiger partial charge on any atom is 0.326 e. The molecule has 0 bridgehead atoms. The quantitative estimate of drug-likeness (QED) is 0.875. The van der Waals surface area contributed by atoms with Crippen LogP contribution in [0.2, 0.25) is 0 Å². The smallest absolute Gasteiger partial charge is 0.326 e. The van der Waals surface area contributed by atoms with E-state index < -0.39 is 12.0 Å². The Bertz CT molecular complexity index is 582. The molecule has 1 unspecified atom stereocenters. The number of carbonyl (C=O) groups excluding carboxylic acids is 1. The van der Waals surface area contributed by atoms with E-state index in [9.17, 15) is 14.7 Å². The summed E-state index contributed by atoms with van der Waals surface area (Å²) in [5.74, 6) is 0.186. The highest BCUT2D eigenvalue weighted by Gasteiger charge is 2.33. The molecule has 1 aliphatic rings. The summed E-state index contributed by atoms with van der Waals surface area (Å²) in [5.41, 5.74) is 2.20. The number of aliphatic carboxylic acids is 1. The highest BCUT2D eigenvalue weighted by Crippen LogP contribution is 2.26. The molecule has 1 saturated heterocycles. The van der Waals surface area contributed by atoms with Crippen LogP contribution in [0.25, 0.3) is 0 Å². The van der Waals surface area contributed by atoms with Crippen LogP contribution in [0, 0.1) is 0 Å². The second-order valence-corrected chi connectivity index (χ2v) is 6.31. The topological polar surface area (TPSA) is 66.8 Å². The average Bonchev–Trinajstić information content (AvgIpc) is 3.02.